The summed E-state index contributed by atoms with van der Waals surface area (Å²) in [7, 11) is 0. The Morgan fingerprint density at radius 2 is 1.93 bits per heavy atom. The lowest BCUT2D eigenvalue weighted by Gasteiger charge is -2.16. The van der Waals surface area contributed by atoms with Crippen molar-refractivity contribution in [3.8, 4) is 12.3 Å². The molecule has 1 aliphatic carbocycles. The van der Waals surface area contributed by atoms with Gasteiger partial charge in [0.15, 0.2) is 0 Å². The van der Waals surface area contributed by atoms with Crippen LogP contribution in [0.4, 0.5) is 0 Å². The van der Waals surface area contributed by atoms with Crippen LogP contribution in [0.5, 0.6) is 0 Å². The standard InChI is InChI=1S/C11H13NO3/c1-2-7-12-10(13)8-5-3-4-6-9(8)11(14)15/h1H,3-7H2,(H,12,13)(H,14,15). The molecule has 0 atom stereocenters. The predicted molar refractivity (Wildman–Crippen MR) is 55.0 cm³/mol. The number of rotatable bonds is 3. The summed E-state index contributed by atoms with van der Waals surface area (Å²) in [4.78, 5) is 22.4. The first kappa shape index (κ1) is 11.3. The summed E-state index contributed by atoms with van der Waals surface area (Å²) in [5.74, 6) is 0.938. The number of hydrogen-bond acceptors (Lipinski definition) is 2. The van der Waals surface area contributed by atoms with Gasteiger partial charge in [0.25, 0.3) is 0 Å². The molecule has 1 amide bonds. The summed E-state index contributed by atoms with van der Waals surface area (Å²) in [5, 5.41) is 11.4. The quantitative estimate of drug-likeness (QED) is 0.669. The van der Waals surface area contributed by atoms with E-state index in [0.29, 0.717) is 18.4 Å². The molecule has 15 heavy (non-hydrogen) atoms. The molecule has 0 bridgehead atoms. The Labute approximate surface area is 88.4 Å². The summed E-state index contributed by atoms with van der Waals surface area (Å²) in [6.45, 7) is 0.134. The van der Waals surface area contributed by atoms with Crippen molar-refractivity contribution in [2.45, 2.75) is 25.7 Å². The van der Waals surface area contributed by atoms with Crippen LogP contribution < -0.4 is 5.32 Å². The number of hydrogen-bond donors (Lipinski definition) is 2. The Kier molecular flexibility index (Phi) is 3.92. The third-order valence-electron chi connectivity index (χ3n) is 2.35. The van der Waals surface area contributed by atoms with Crippen molar-refractivity contribution in [2.24, 2.45) is 0 Å². The number of carbonyl (C=O) groups is 2. The maximum Gasteiger partial charge on any atom is 0.332 e. The first-order valence-corrected chi connectivity index (χ1v) is 4.83. The van der Waals surface area contributed by atoms with Crippen LogP contribution in [0.25, 0.3) is 0 Å². The second-order valence-corrected chi connectivity index (χ2v) is 3.36. The molecule has 0 aliphatic heterocycles. The summed E-state index contributed by atoms with van der Waals surface area (Å²) in [6.07, 6.45) is 7.68. The first-order valence-electron chi connectivity index (χ1n) is 4.83. The number of terminal acetylenes is 1. The van der Waals surface area contributed by atoms with Gasteiger partial charge in [-0.1, -0.05) is 5.92 Å². The maximum absolute atomic E-state index is 11.5. The molecular weight excluding hydrogens is 194 g/mol. The monoisotopic (exact) mass is 207 g/mol. The molecule has 0 saturated carbocycles. The molecule has 0 aromatic carbocycles. The molecule has 0 saturated heterocycles. The van der Waals surface area contributed by atoms with Gasteiger partial charge in [0.05, 0.1) is 6.54 Å². The molecule has 0 spiro atoms. The molecule has 1 aliphatic rings. The summed E-state index contributed by atoms with van der Waals surface area (Å²) in [5.41, 5.74) is 0.611. The fourth-order valence-electron chi connectivity index (χ4n) is 1.63. The van der Waals surface area contributed by atoms with Gasteiger partial charge < -0.3 is 10.4 Å². The van der Waals surface area contributed by atoms with Crippen LogP contribution >= 0.6 is 0 Å². The lowest BCUT2D eigenvalue weighted by Crippen LogP contribution is -2.28. The highest BCUT2D eigenvalue weighted by Crippen LogP contribution is 2.24. The van der Waals surface area contributed by atoms with E-state index in [0.717, 1.165) is 12.8 Å². The van der Waals surface area contributed by atoms with Crippen LogP contribution in [0.1, 0.15) is 25.7 Å². The van der Waals surface area contributed by atoms with E-state index in [1.165, 1.54) is 0 Å². The number of aliphatic carboxylic acids is 1. The molecule has 4 nitrogen and oxygen atoms in total. The lowest BCUT2D eigenvalue weighted by molar-refractivity contribution is -0.133. The Morgan fingerprint density at radius 1 is 1.33 bits per heavy atom. The Morgan fingerprint density at radius 3 is 2.47 bits per heavy atom. The van der Waals surface area contributed by atoms with Crippen LogP contribution in [-0.4, -0.2) is 23.5 Å². The average Bonchev–Trinajstić information content (AvgIpc) is 2.25. The van der Waals surface area contributed by atoms with Gasteiger partial charge in [0.1, 0.15) is 0 Å². The number of carboxylic acid groups (broad SMARTS) is 1. The topological polar surface area (TPSA) is 66.4 Å². The van der Waals surface area contributed by atoms with Crippen molar-refractivity contribution in [3.63, 3.8) is 0 Å². The van der Waals surface area contributed by atoms with E-state index in [1.807, 2.05) is 0 Å². The normalized spacial score (nSPS) is 15.7. The molecule has 2 N–H and O–H groups in total. The van der Waals surface area contributed by atoms with E-state index in [1.54, 1.807) is 0 Å². The van der Waals surface area contributed by atoms with Crippen molar-refractivity contribution in [1.29, 1.82) is 0 Å². The van der Waals surface area contributed by atoms with Crippen molar-refractivity contribution in [1.82, 2.24) is 5.32 Å². The van der Waals surface area contributed by atoms with E-state index in [4.69, 9.17) is 11.5 Å². The summed E-state index contributed by atoms with van der Waals surface area (Å²) < 4.78 is 0. The molecule has 0 fully saturated rings. The SMILES string of the molecule is C#CCNC(=O)C1=C(C(=O)O)CCCC1. The van der Waals surface area contributed by atoms with E-state index in [2.05, 4.69) is 11.2 Å². The second-order valence-electron chi connectivity index (χ2n) is 3.36. The van der Waals surface area contributed by atoms with Crippen LogP contribution in [0.3, 0.4) is 0 Å². The van der Waals surface area contributed by atoms with Crippen LogP contribution in [0, 0.1) is 12.3 Å². The molecule has 0 unspecified atom stereocenters. The van der Waals surface area contributed by atoms with Crippen molar-refractivity contribution >= 4 is 11.9 Å². The van der Waals surface area contributed by atoms with Crippen molar-refractivity contribution in [2.75, 3.05) is 6.54 Å². The van der Waals surface area contributed by atoms with Gasteiger partial charge in [-0.3, -0.25) is 4.79 Å². The average molecular weight is 207 g/mol. The summed E-state index contributed by atoms with van der Waals surface area (Å²) >= 11 is 0. The number of amides is 1. The van der Waals surface area contributed by atoms with Gasteiger partial charge >= 0.3 is 5.97 Å². The van der Waals surface area contributed by atoms with Gasteiger partial charge in [0, 0.05) is 11.1 Å². The van der Waals surface area contributed by atoms with Gasteiger partial charge in [-0.2, -0.15) is 0 Å². The third-order valence-corrected chi connectivity index (χ3v) is 2.35. The fraction of sp³-hybridized carbons (Fsp3) is 0.455. The highest BCUT2D eigenvalue weighted by molar-refractivity contribution is 6.02. The van der Waals surface area contributed by atoms with Crippen molar-refractivity contribution in [3.05, 3.63) is 11.1 Å². The summed E-state index contributed by atoms with van der Waals surface area (Å²) in [6, 6.07) is 0. The zero-order valence-corrected chi connectivity index (χ0v) is 8.38. The minimum Gasteiger partial charge on any atom is -0.478 e. The molecular formula is C11H13NO3. The van der Waals surface area contributed by atoms with Crippen LogP contribution in [0.15, 0.2) is 11.1 Å². The van der Waals surface area contributed by atoms with E-state index in [-0.39, 0.29) is 18.0 Å². The van der Waals surface area contributed by atoms with Gasteiger partial charge in [-0.25, -0.2) is 4.79 Å². The van der Waals surface area contributed by atoms with Crippen molar-refractivity contribution < 1.29 is 14.7 Å². The molecule has 4 heteroatoms. The fourth-order valence-corrected chi connectivity index (χ4v) is 1.63. The zero-order valence-electron chi connectivity index (χ0n) is 8.38. The number of carboxylic acids is 1. The molecule has 0 aromatic rings. The molecule has 80 valence electrons. The van der Waals surface area contributed by atoms with Crippen LogP contribution in [-0.2, 0) is 9.59 Å². The van der Waals surface area contributed by atoms with E-state index >= 15 is 0 Å². The Hall–Kier alpha value is -1.76. The first-order chi connectivity index (χ1) is 7.16. The Balaban J connectivity index is 2.83. The smallest absolute Gasteiger partial charge is 0.332 e. The molecule has 0 heterocycles. The minimum atomic E-state index is -0.999. The van der Waals surface area contributed by atoms with E-state index < -0.39 is 5.97 Å². The van der Waals surface area contributed by atoms with Gasteiger partial charge in [-0.15, -0.1) is 6.42 Å². The minimum absolute atomic E-state index is 0.134. The maximum atomic E-state index is 11.5. The highest BCUT2D eigenvalue weighted by atomic mass is 16.4. The zero-order chi connectivity index (χ0) is 11.3. The van der Waals surface area contributed by atoms with Crippen LogP contribution in [0.2, 0.25) is 0 Å². The predicted octanol–water partition coefficient (Wildman–Crippen LogP) is 0.691. The van der Waals surface area contributed by atoms with Gasteiger partial charge in [-0.05, 0) is 25.7 Å². The lowest BCUT2D eigenvalue weighted by atomic mass is 9.91. The van der Waals surface area contributed by atoms with Gasteiger partial charge in [0.2, 0.25) is 5.91 Å². The van der Waals surface area contributed by atoms with E-state index in [9.17, 15) is 9.59 Å². The molecule has 0 radical (unpaired) electrons. The third kappa shape index (κ3) is 2.84. The Bertz CT molecular complexity index is 349. The number of nitrogens with one attached hydrogen (secondary N) is 1. The second kappa shape index (κ2) is 5.20. The number of carbonyl (C=O) groups excluding carboxylic acids is 1. The largest absolute Gasteiger partial charge is 0.478 e. The highest BCUT2D eigenvalue weighted by Gasteiger charge is 2.22. The molecule has 1 rings (SSSR count). The molecule has 0 aromatic heterocycles.